The van der Waals surface area contributed by atoms with Crippen molar-refractivity contribution in [2.24, 2.45) is 10.9 Å². The molecule has 0 unspecified atom stereocenters. The number of piperidine rings is 1. The Morgan fingerprint density at radius 1 is 1.33 bits per heavy atom. The zero-order valence-corrected chi connectivity index (χ0v) is 8.20. The summed E-state index contributed by atoms with van der Waals surface area (Å²) in [5, 5.41) is 4.84. The van der Waals surface area contributed by atoms with E-state index in [0.29, 0.717) is 0 Å². The summed E-state index contributed by atoms with van der Waals surface area (Å²) in [7, 11) is 0. The Balaban J connectivity index is 1.92. The van der Waals surface area contributed by atoms with E-state index < -0.39 is 0 Å². The van der Waals surface area contributed by atoms with Crippen molar-refractivity contribution in [2.45, 2.75) is 19.3 Å². The molecular weight excluding hydrogens is 168 g/mol. The molecule has 2 rings (SSSR count). The Bertz CT molecular complexity index is 173. The van der Waals surface area contributed by atoms with Gasteiger partial charge in [0, 0.05) is 18.2 Å². The van der Waals surface area contributed by atoms with Gasteiger partial charge in [0.05, 0.1) is 5.04 Å². The Kier molecular flexibility index (Phi) is 3.06. The van der Waals surface area contributed by atoms with Crippen LogP contribution in [-0.4, -0.2) is 30.4 Å². The van der Waals surface area contributed by atoms with Crippen molar-refractivity contribution in [3.05, 3.63) is 0 Å². The minimum Gasteiger partial charge on any atom is -0.317 e. The van der Waals surface area contributed by atoms with Crippen LogP contribution in [0, 0.1) is 5.92 Å². The summed E-state index contributed by atoms with van der Waals surface area (Å²) in [5.74, 6) is 2.08. The number of thioether (sulfide) groups is 1. The maximum atomic E-state index is 4.60. The molecule has 1 N–H and O–H groups in total. The predicted molar refractivity (Wildman–Crippen MR) is 55.0 cm³/mol. The van der Waals surface area contributed by atoms with E-state index in [4.69, 9.17) is 0 Å². The molecule has 0 aromatic rings. The van der Waals surface area contributed by atoms with Gasteiger partial charge in [-0.1, -0.05) is 0 Å². The molecule has 0 amide bonds. The van der Waals surface area contributed by atoms with Crippen molar-refractivity contribution in [1.82, 2.24) is 5.32 Å². The van der Waals surface area contributed by atoms with Crippen LogP contribution in [-0.2, 0) is 0 Å². The van der Waals surface area contributed by atoms with Crippen LogP contribution in [0.15, 0.2) is 4.99 Å². The first-order valence-corrected chi connectivity index (χ1v) is 5.83. The molecule has 0 aromatic heterocycles. The molecule has 1 saturated heterocycles. The molecule has 2 heterocycles. The zero-order valence-electron chi connectivity index (χ0n) is 7.38. The molecule has 0 aliphatic carbocycles. The lowest BCUT2D eigenvalue weighted by atomic mass is 9.99. The highest BCUT2D eigenvalue weighted by atomic mass is 32.2. The topological polar surface area (TPSA) is 24.4 Å². The highest BCUT2D eigenvalue weighted by molar-refractivity contribution is 8.14. The van der Waals surface area contributed by atoms with Crippen molar-refractivity contribution < 1.29 is 0 Å². The van der Waals surface area contributed by atoms with Crippen LogP contribution < -0.4 is 5.32 Å². The molecule has 0 atom stereocenters. The molecule has 0 bridgehead atoms. The van der Waals surface area contributed by atoms with Gasteiger partial charge in [-0.25, -0.2) is 0 Å². The molecule has 2 nitrogen and oxygen atoms in total. The average molecular weight is 184 g/mol. The van der Waals surface area contributed by atoms with Gasteiger partial charge in [0.1, 0.15) is 0 Å². The number of aliphatic imine (C=N–C) groups is 1. The second kappa shape index (κ2) is 4.28. The predicted octanol–water partition coefficient (Wildman–Crippen LogP) is 1.52. The van der Waals surface area contributed by atoms with Gasteiger partial charge in [0.15, 0.2) is 0 Å². The Labute approximate surface area is 78.2 Å². The van der Waals surface area contributed by atoms with E-state index >= 15 is 0 Å². The molecule has 0 spiro atoms. The number of nitrogens with zero attached hydrogens (tertiary/aromatic N) is 1. The quantitative estimate of drug-likeness (QED) is 0.668. The minimum atomic E-state index is 0.788. The zero-order chi connectivity index (χ0) is 8.23. The Hall–Kier alpha value is -0.0200. The van der Waals surface area contributed by atoms with Crippen LogP contribution in [0.4, 0.5) is 0 Å². The third kappa shape index (κ3) is 2.02. The first kappa shape index (κ1) is 8.57. The number of hydrogen-bond acceptors (Lipinski definition) is 3. The maximum absolute atomic E-state index is 4.60. The fraction of sp³-hybridized carbons (Fsp3) is 0.889. The lowest BCUT2D eigenvalue weighted by Gasteiger charge is -2.25. The first-order valence-electron chi connectivity index (χ1n) is 4.84. The third-order valence-corrected chi connectivity index (χ3v) is 3.76. The van der Waals surface area contributed by atoms with Gasteiger partial charge < -0.3 is 5.32 Å². The number of hydrogen-bond donors (Lipinski definition) is 1. The largest absolute Gasteiger partial charge is 0.317 e. The van der Waals surface area contributed by atoms with Gasteiger partial charge in [0.25, 0.3) is 0 Å². The first-order chi connectivity index (χ1) is 5.97. The standard InChI is InChI=1S/C9H16N2S/c1-4-11-9(12-7-1)8-2-5-10-6-3-8/h8,10H,1-7H2. The molecule has 1 fully saturated rings. The SMILES string of the molecule is C1CN=C(C2CCNCC2)SC1. The number of nitrogens with one attached hydrogen (secondary N) is 1. The Morgan fingerprint density at radius 3 is 2.83 bits per heavy atom. The van der Waals surface area contributed by atoms with Crippen molar-refractivity contribution in [3.63, 3.8) is 0 Å². The van der Waals surface area contributed by atoms with E-state index in [2.05, 4.69) is 10.3 Å². The van der Waals surface area contributed by atoms with Crippen molar-refractivity contribution in [1.29, 1.82) is 0 Å². The summed E-state index contributed by atoms with van der Waals surface area (Å²) in [5.41, 5.74) is 0. The van der Waals surface area contributed by atoms with Gasteiger partial charge in [-0.15, -0.1) is 11.8 Å². The lowest BCUT2D eigenvalue weighted by molar-refractivity contribution is 0.459. The molecule has 12 heavy (non-hydrogen) atoms. The van der Waals surface area contributed by atoms with Gasteiger partial charge in [0.2, 0.25) is 0 Å². The van der Waals surface area contributed by atoms with E-state index in [-0.39, 0.29) is 0 Å². The molecule has 2 aliphatic rings. The van der Waals surface area contributed by atoms with Crippen LogP contribution in [0.3, 0.4) is 0 Å². The molecule has 0 aromatic carbocycles. The third-order valence-electron chi connectivity index (χ3n) is 2.51. The molecule has 3 heteroatoms. The molecule has 68 valence electrons. The van der Waals surface area contributed by atoms with E-state index in [0.717, 1.165) is 12.5 Å². The Morgan fingerprint density at radius 2 is 2.17 bits per heavy atom. The molecule has 0 radical (unpaired) electrons. The van der Waals surface area contributed by atoms with Crippen LogP contribution in [0.5, 0.6) is 0 Å². The van der Waals surface area contributed by atoms with Crippen LogP contribution >= 0.6 is 11.8 Å². The fourth-order valence-corrected chi connectivity index (χ4v) is 2.93. The second-order valence-corrected chi connectivity index (χ2v) is 4.56. The average Bonchev–Trinajstić information content (AvgIpc) is 2.21. The molecule has 0 saturated carbocycles. The molecule has 2 aliphatic heterocycles. The van der Waals surface area contributed by atoms with Crippen molar-refractivity contribution in [2.75, 3.05) is 25.4 Å². The summed E-state index contributed by atoms with van der Waals surface area (Å²) in [6.07, 6.45) is 3.87. The van der Waals surface area contributed by atoms with Gasteiger partial charge in [-0.3, -0.25) is 4.99 Å². The summed E-state index contributed by atoms with van der Waals surface area (Å²) in [6.45, 7) is 3.45. The van der Waals surface area contributed by atoms with Gasteiger partial charge in [-0.2, -0.15) is 0 Å². The van der Waals surface area contributed by atoms with Crippen LogP contribution in [0.1, 0.15) is 19.3 Å². The van der Waals surface area contributed by atoms with Crippen LogP contribution in [0.25, 0.3) is 0 Å². The number of rotatable bonds is 1. The second-order valence-electron chi connectivity index (χ2n) is 3.45. The summed E-state index contributed by atoms with van der Waals surface area (Å²) in [4.78, 5) is 4.60. The lowest BCUT2D eigenvalue weighted by Crippen LogP contribution is -2.31. The van der Waals surface area contributed by atoms with Gasteiger partial charge >= 0.3 is 0 Å². The summed E-state index contributed by atoms with van der Waals surface area (Å²) < 4.78 is 0. The van der Waals surface area contributed by atoms with E-state index in [1.165, 1.54) is 43.1 Å². The van der Waals surface area contributed by atoms with Crippen molar-refractivity contribution >= 4 is 16.8 Å². The minimum absolute atomic E-state index is 0.788. The summed E-state index contributed by atoms with van der Waals surface area (Å²) in [6, 6.07) is 0. The van der Waals surface area contributed by atoms with E-state index in [9.17, 15) is 0 Å². The van der Waals surface area contributed by atoms with Gasteiger partial charge in [-0.05, 0) is 32.4 Å². The highest BCUT2D eigenvalue weighted by Crippen LogP contribution is 2.24. The van der Waals surface area contributed by atoms with Crippen molar-refractivity contribution in [3.8, 4) is 0 Å². The molecular formula is C9H16N2S. The highest BCUT2D eigenvalue weighted by Gasteiger charge is 2.20. The monoisotopic (exact) mass is 184 g/mol. The van der Waals surface area contributed by atoms with E-state index in [1.807, 2.05) is 11.8 Å². The van der Waals surface area contributed by atoms with E-state index in [1.54, 1.807) is 0 Å². The maximum Gasteiger partial charge on any atom is 0.0707 e. The smallest absolute Gasteiger partial charge is 0.0707 e. The fourth-order valence-electron chi connectivity index (χ4n) is 1.79. The van der Waals surface area contributed by atoms with Crippen LogP contribution in [0.2, 0.25) is 0 Å². The normalized spacial score (nSPS) is 26.8. The summed E-state index contributed by atoms with van der Waals surface area (Å²) >= 11 is 1.99.